The molecule has 3 aromatic rings. The molecule has 0 aliphatic carbocycles. The van der Waals surface area contributed by atoms with Gasteiger partial charge in [0.05, 0.1) is 44.4 Å². The van der Waals surface area contributed by atoms with Crippen LogP contribution < -0.4 is 0 Å². The smallest absolute Gasteiger partial charge is 0.258 e. The minimum atomic E-state index is -0.792. The maximum absolute atomic E-state index is 11.0. The van der Waals surface area contributed by atoms with E-state index in [1.165, 1.54) is 0 Å². The van der Waals surface area contributed by atoms with Gasteiger partial charge in [-0.15, -0.1) is 0 Å². The molecule has 3 rings (SSSR count). The van der Waals surface area contributed by atoms with Crippen LogP contribution in [0.4, 0.5) is 11.4 Å². The number of nitro groups is 2. The van der Waals surface area contributed by atoms with Crippen LogP contribution in [-0.4, -0.2) is 19.8 Å². The van der Waals surface area contributed by atoms with E-state index in [1.807, 2.05) is 30.3 Å². The summed E-state index contributed by atoms with van der Waals surface area (Å²) in [4.78, 5) is 29.2. The van der Waals surface area contributed by atoms with Crippen molar-refractivity contribution in [3.63, 3.8) is 0 Å². The molecule has 0 amide bonds. The molecule has 0 N–H and O–H groups in total. The first-order chi connectivity index (χ1) is 11.0. The summed E-state index contributed by atoms with van der Waals surface area (Å²) in [6, 6.07) is 11.4. The minimum Gasteiger partial charge on any atom is -0.258 e. The maximum Gasteiger partial charge on any atom is 0.348 e. The molecule has 0 aliphatic rings. The van der Waals surface area contributed by atoms with Crippen molar-refractivity contribution in [2.24, 2.45) is 0 Å². The Labute approximate surface area is 129 Å². The zero-order valence-electron chi connectivity index (χ0n) is 12.0. The number of fused-ring (bicyclic) bond motifs is 1. The number of aromatic nitrogens is 2. The number of rotatable bonds is 3. The molecule has 8 nitrogen and oxygen atoms in total. The average Bonchev–Trinajstić information content (AvgIpc) is 2.53. The van der Waals surface area contributed by atoms with Crippen LogP contribution in [0.25, 0.3) is 22.3 Å². The number of hydrogen-bond acceptors (Lipinski definition) is 6. The second-order valence-corrected chi connectivity index (χ2v) is 4.87. The molecule has 114 valence electrons. The van der Waals surface area contributed by atoms with Crippen LogP contribution in [0.5, 0.6) is 0 Å². The van der Waals surface area contributed by atoms with Crippen LogP contribution in [0.2, 0.25) is 0 Å². The first kappa shape index (κ1) is 14.5. The lowest BCUT2D eigenvalue weighted by Crippen LogP contribution is -2.00. The Bertz CT molecular complexity index is 941. The maximum atomic E-state index is 11.0. The predicted molar refractivity (Wildman–Crippen MR) is 83.0 cm³/mol. The fourth-order valence-electron chi connectivity index (χ4n) is 2.33. The van der Waals surface area contributed by atoms with Crippen LogP contribution in [0.3, 0.4) is 0 Å². The zero-order chi connectivity index (χ0) is 16.6. The first-order valence-corrected chi connectivity index (χ1v) is 6.64. The van der Waals surface area contributed by atoms with Crippen LogP contribution in [0, 0.1) is 27.2 Å². The third-order valence-electron chi connectivity index (χ3n) is 3.38. The summed E-state index contributed by atoms with van der Waals surface area (Å²) in [7, 11) is 0. The summed E-state index contributed by atoms with van der Waals surface area (Å²) in [5.41, 5.74) is 1.29. The molecule has 0 atom stereocenters. The lowest BCUT2D eigenvalue weighted by Gasteiger charge is -2.06. The Morgan fingerprint density at radius 1 is 0.870 bits per heavy atom. The highest BCUT2D eigenvalue weighted by atomic mass is 16.6. The summed E-state index contributed by atoms with van der Waals surface area (Å²) in [6.07, 6.45) is 0. The Morgan fingerprint density at radius 3 is 1.91 bits per heavy atom. The fourth-order valence-corrected chi connectivity index (χ4v) is 2.33. The summed E-state index contributed by atoms with van der Waals surface area (Å²) in [6.45, 7) is 1.74. The third kappa shape index (κ3) is 2.57. The van der Waals surface area contributed by atoms with E-state index in [1.54, 1.807) is 6.92 Å². The van der Waals surface area contributed by atoms with Crippen LogP contribution in [0.15, 0.2) is 42.5 Å². The molecular formula is C15H10N4O4. The van der Waals surface area contributed by atoms with E-state index in [0.717, 1.165) is 17.7 Å². The molecule has 0 spiro atoms. The van der Waals surface area contributed by atoms with Gasteiger partial charge in [-0.1, -0.05) is 30.3 Å². The van der Waals surface area contributed by atoms with E-state index in [-0.39, 0.29) is 11.0 Å². The van der Waals surface area contributed by atoms with Crippen molar-refractivity contribution in [3.8, 4) is 11.3 Å². The van der Waals surface area contributed by atoms with Crippen molar-refractivity contribution in [1.29, 1.82) is 0 Å². The van der Waals surface area contributed by atoms with Crippen LogP contribution in [-0.2, 0) is 0 Å². The van der Waals surface area contributed by atoms with Crippen molar-refractivity contribution in [2.45, 2.75) is 6.92 Å². The number of aryl methyl sites for hydroxylation is 1. The summed E-state index contributed by atoms with van der Waals surface area (Å²) in [5.74, 6) is 0. The first-order valence-electron chi connectivity index (χ1n) is 6.64. The molecule has 0 bridgehead atoms. The Balaban J connectivity index is 2.29. The van der Waals surface area contributed by atoms with E-state index in [2.05, 4.69) is 9.97 Å². The topological polar surface area (TPSA) is 112 Å². The fraction of sp³-hybridized carbons (Fsp3) is 0.0667. The highest BCUT2D eigenvalue weighted by Crippen LogP contribution is 2.32. The Hall–Kier alpha value is -3.42. The highest BCUT2D eigenvalue weighted by molar-refractivity contribution is 5.84. The lowest BCUT2D eigenvalue weighted by atomic mass is 10.1. The van der Waals surface area contributed by atoms with Crippen molar-refractivity contribution in [1.82, 2.24) is 9.97 Å². The van der Waals surface area contributed by atoms with E-state index >= 15 is 0 Å². The molecule has 2 aromatic carbocycles. The molecule has 8 heteroatoms. The highest BCUT2D eigenvalue weighted by Gasteiger charge is 2.26. The second-order valence-electron chi connectivity index (χ2n) is 4.87. The van der Waals surface area contributed by atoms with Gasteiger partial charge in [-0.05, 0) is 6.92 Å². The standard InChI is InChI=1S/C15H10N4O4/c1-9-15(10-5-3-2-4-6-10)17-12-8-14(19(22)23)13(18(20)21)7-11(12)16-9/h2-8H,1H3. The van der Waals surface area contributed by atoms with Gasteiger partial charge in [0.15, 0.2) is 0 Å². The molecule has 0 fully saturated rings. The van der Waals surface area contributed by atoms with Crippen molar-refractivity contribution < 1.29 is 9.85 Å². The Morgan fingerprint density at radius 2 is 1.39 bits per heavy atom. The van der Waals surface area contributed by atoms with Crippen LogP contribution >= 0.6 is 0 Å². The summed E-state index contributed by atoms with van der Waals surface area (Å²) in [5, 5.41) is 22.0. The molecule has 1 heterocycles. The van der Waals surface area contributed by atoms with Gasteiger partial charge in [-0.3, -0.25) is 20.2 Å². The van der Waals surface area contributed by atoms with Gasteiger partial charge < -0.3 is 0 Å². The minimum absolute atomic E-state index is 0.242. The summed E-state index contributed by atoms with van der Waals surface area (Å²) < 4.78 is 0. The van der Waals surface area contributed by atoms with E-state index in [4.69, 9.17) is 0 Å². The van der Waals surface area contributed by atoms with Crippen molar-refractivity contribution >= 4 is 22.4 Å². The summed E-state index contributed by atoms with van der Waals surface area (Å²) >= 11 is 0. The molecule has 0 unspecified atom stereocenters. The zero-order valence-corrected chi connectivity index (χ0v) is 12.0. The molecular weight excluding hydrogens is 300 g/mol. The number of nitrogens with zero attached hydrogens (tertiary/aromatic N) is 4. The number of nitro benzene ring substituents is 2. The quantitative estimate of drug-likeness (QED) is 0.541. The molecule has 23 heavy (non-hydrogen) atoms. The molecule has 0 saturated carbocycles. The molecule has 0 radical (unpaired) electrons. The van der Waals surface area contributed by atoms with Gasteiger partial charge in [0.2, 0.25) is 0 Å². The number of hydrogen-bond donors (Lipinski definition) is 0. The van der Waals surface area contributed by atoms with Crippen molar-refractivity contribution in [3.05, 3.63) is 68.4 Å². The molecule has 1 aromatic heterocycles. The van der Waals surface area contributed by atoms with Crippen molar-refractivity contribution in [2.75, 3.05) is 0 Å². The lowest BCUT2D eigenvalue weighted by molar-refractivity contribution is -0.422. The molecule has 0 aliphatic heterocycles. The van der Waals surface area contributed by atoms with E-state index in [9.17, 15) is 20.2 Å². The SMILES string of the molecule is Cc1nc2cc([N+](=O)[O-])c([N+](=O)[O-])cc2nc1-c1ccccc1. The van der Waals surface area contributed by atoms with E-state index < -0.39 is 21.2 Å². The average molecular weight is 310 g/mol. The van der Waals surface area contributed by atoms with Gasteiger partial charge in [0.25, 0.3) is 0 Å². The van der Waals surface area contributed by atoms with E-state index in [0.29, 0.717) is 11.4 Å². The van der Waals surface area contributed by atoms with Gasteiger partial charge in [0.1, 0.15) is 0 Å². The van der Waals surface area contributed by atoms with Gasteiger partial charge in [-0.2, -0.15) is 0 Å². The molecule has 0 saturated heterocycles. The van der Waals surface area contributed by atoms with Gasteiger partial charge >= 0.3 is 11.4 Å². The largest absolute Gasteiger partial charge is 0.348 e. The van der Waals surface area contributed by atoms with Gasteiger partial charge in [0, 0.05) is 5.56 Å². The number of benzene rings is 2. The third-order valence-corrected chi connectivity index (χ3v) is 3.38. The normalized spacial score (nSPS) is 10.7. The van der Waals surface area contributed by atoms with Gasteiger partial charge in [-0.25, -0.2) is 9.97 Å². The predicted octanol–water partition coefficient (Wildman–Crippen LogP) is 3.42. The Kier molecular flexibility index (Phi) is 3.41. The monoisotopic (exact) mass is 310 g/mol. The second kappa shape index (κ2) is 5.41. The van der Waals surface area contributed by atoms with Crippen LogP contribution in [0.1, 0.15) is 5.69 Å².